The summed E-state index contributed by atoms with van der Waals surface area (Å²) in [6.45, 7) is 0. The number of hydrogen-bond acceptors (Lipinski definition) is 5. The fraction of sp³-hybridized carbons (Fsp3) is 0.143. The molecule has 0 heterocycles. The third-order valence-corrected chi connectivity index (χ3v) is 3.04. The number of ether oxygens (including phenoxy) is 1. The zero-order valence-electron chi connectivity index (χ0n) is 11.2. The van der Waals surface area contributed by atoms with Crippen molar-refractivity contribution in [2.45, 2.75) is 0 Å². The highest BCUT2D eigenvalue weighted by Crippen LogP contribution is 2.39. The second-order valence-corrected chi connectivity index (χ2v) is 4.20. The minimum absolute atomic E-state index is 0.110. The average molecular weight is 273 g/mol. The van der Waals surface area contributed by atoms with Gasteiger partial charge in [0.2, 0.25) is 0 Å². The highest BCUT2D eigenvalue weighted by molar-refractivity contribution is 5.81. The van der Waals surface area contributed by atoms with E-state index in [2.05, 4.69) is 0 Å². The van der Waals surface area contributed by atoms with Gasteiger partial charge in [0.1, 0.15) is 17.1 Å². The van der Waals surface area contributed by atoms with Crippen LogP contribution < -0.4 is 15.4 Å². The lowest BCUT2D eigenvalue weighted by Crippen LogP contribution is -2.13. The molecule has 20 heavy (non-hydrogen) atoms. The van der Waals surface area contributed by atoms with Crippen molar-refractivity contribution < 1.29 is 9.66 Å². The fourth-order valence-electron chi connectivity index (χ4n) is 2.05. The third kappa shape index (κ3) is 2.35. The number of hydrogen-bond donors (Lipinski definition) is 1. The molecule has 0 amide bonds. The minimum atomic E-state index is -0.476. The first kappa shape index (κ1) is 13.7. The Morgan fingerprint density at radius 3 is 2.45 bits per heavy atom. The molecule has 0 bridgehead atoms. The van der Waals surface area contributed by atoms with Gasteiger partial charge in [-0.2, -0.15) is 0 Å². The van der Waals surface area contributed by atoms with E-state index >= 15 is 0 Å². The molecular formula is C14H15N3O3. The van der Waals surface area contributed by atoms with Crippen LogP contribution in [0, 0.1) is 10.1 Å². The van der Waals surface area contributed by atoms with Crippen molar-refractivity contribution in [2.75, 3.05) is 24.8 Å². The van der Waals surface area contributed by atoms with Crippen LogP contribution in [-0.4, -0.2) is 19.1 Å². The zero-order valence-corrected chi connectivity index (χ0v) is 11.2. The smallest absolute Gasteiger partial charge is 0.315 e. The predicted molar refractivity (Wildman–Crippen MR) is 78.6 cm³/mol. The number of anilines is 3. The van der Waals surface area contributed by atoms with Gasteiger partial charge in [-0.3, -0.25) is 10.1 Å². The Kier molecular flexibility index (Phi) is 3.74. The normalized spacial score (nSPS) is 10.1. The molecule has 6 nitrogen and oxygen atoms in total. The van der Waals surface area contributed by atoms with Crippen LogP contribution >= 0.6 is 0 Å². The summed E-state index contributed by atoms with van der Waals surface area (Å²) in [5.74, 6) is 0.631. The summed E-state index contributed by atoms with van der Waals surface area (Å²) in [6, 6.07) is 12.1. The molecule has 0 aromatic heterocycles. The van der Waals surface area contributed by atoms with E-state index < -0.39 is 4.92 Å². The molecule has 2 N–H and O–H groups in total. The van der Waals surface area contributed by atoms with Crippen LogP contribution in [0.15, 0.2) is 42.5 Å². The van der Waals surface area contributed by atoms with Gasteiger partial charge < -0.3 is 15.4 Å². The first-order valence-corrected chi connectivity index (χ1v) is 5.96. The number of nitrogen functional groups attached to an aromatic ring is 1. The molecule has 104 valence electrons. The third-order valence-electron chi connectivity index (χ3n) is 3.04. The molecule has 0 radical (unpaired) electrons. The summed E-state index contributed by atoms with van der Waals surface area (Å²) in [4.78, 5) is 12.4. The number of nitrogens with zero attached hydrogens (tertiary/aromatic N) is 2. The van der Waals surface area contributed by atoms with E-state index in [1.807, 2.05) is 18.2 Å². The topological polar surface area (TPSA) is 81.6 Å². The van der Waals surface area contributed by atoms with Gasteiger partial charge in [0, 0.05) is 7.05 Å². The summed E-state index contributed by atoms with van der Waals surface area (Å²) in [5.41, 5.74) is 6.87. The van der Waals surface area contributed by atoms with Crippen molar-refractivity contribution in [3.05, 3.63) is 52.6 Å². The summed E-state index contributed by atoms with van der Waals surface area (Å²) < 4.78 is 5.28. The highest BCUT2D eigenvalue weighted by Gasteiger charge is 2.22. The number of benzene rings is 2. The molecule has 0 aliphatic heterocycles. The lowest BCUT2D eigenvalue weighted by molar-refractivity contribution is -0.383. The van der Waals surface area contributed by atoms with Gasteiger partial charge >= 0.3 is 5.69 Å². The van der Waals surface area contributed by atoms with Crippen LogP contribution in [0.2, 0.25) is 0 Å². The van der Waals surface area contributed by atoms with Crippen molar-refractivity contribution in [3.8, 4) is 5.75 Å². The Hall–Kier alpha value is -2.76. The summed E-state index contributed by atoms with van der Waals surface area (Å²) in [7, 11) is 3.29. The zero-order chi connectivity index (χ0) is 14.7. The van der Waals surface area contributed by atoms with Gasteiger partial charge in [0.25, 0.3) is 0 Å². The average Bonchev–Trinajstić information content (AvgIpc) is 2.45. The number of methoxy groups -OCH3 is 1. The van der Waals surface area contributed by atoms with Crippen LogP contribution in [0.4, 0.5) is 22.7 Å². The molecule has 0 aliphatic carbocycles. The Labute approximate surface area is 116 Å². The van der Waals surface area contributed by atoms with E-state index in [-0.39, 0.29) is 11.4 Å². The van der Waals surface area contributed by atoms with Crippen LogP contribution in [-0.2, 0) is 0 Å². The molecule has 0 atom stereocenters. The molecule has 6 heteroatoms. The molecular weight excluding hydrogens is 258 g/mol. The van der Waals surface area contributed by atoms with E-state index in [0.717, 1.165) is 5.69 Å². The van der Waals surface area contributed by atoms with Crippen molar-refractivity contribution in [1.29, 1.82) is 0 Å². The lowest BCUT2D eigenvalue weighted by atomic mass is 10.2. The van der Waals surface area contributed by atoms with E-state index in [9.17, 15) is 10.1 Å². The van der Waals surface area contributed by atoms with E-state index in [4.69, 9.17) is 10.5 Å². The van der Waals surface area contributed by atoms with E-state index in [1.54, 1.807) is 37.3 Å². The summed E-state index contributed by atoms with van der Waals surface area (Å²) in [5, 5.41) is 11.2. The van der Waals surface area contributed by atoms with Gasteiger partial charge in [-0.25, -0.2) is 0 Å². The fourth-order valence-corrected chi connectivity index (χ4v) is 2.05. The largest absolute Gasteiger partial charge is 0.495 e. The maximum atomic E-state index is 11.2. The second kappa shape index (κ2) is 5.48. The maximum absolute atomic E-state index is 11.2. The van der Waals surface area contributed by atoms with Gasteiger partial charge in [-0.05, 0) is 24.3 Å². The van der Waals surface area contributed by atoms with Gasteiger partial charge in [0.05, 0.1) is 17.7 Å². The van der Waals surface area contributed by atoms with Gasteiger partial charge in [-0.15, -0.1) is 0 Å². The Morgan fingerprint density at radius 1 is 1.15 bits per heavy atom. The van der Waals surface area contributed by atoms with Crippen molar-refractivity contribution in [1.82, 2.24) is 0 Å². The standard InChI is InChI=1S/C14H15N3O3/c1-16(11-7-3-4-9-13(11)20-2)12-8-5-6-10(15)14(12)17(18)19/h3-9H,15H2,1-2H3. The molecule has 0 saturated carbocycles. The van der Waals surface area contributed by atoms with Gasteiger partial charge in [-0.1, -0.05) is 18.2 Å². The van der Waals surface area contributed by atoms with E-state index in [1.165, 1.54) is 6.07 Å². The van der Waals surface area contributed by atoms with Crippen molar-refractivity contribution in [3.63, 3.8) is 0 Å². The summed E-state index contributed by atoms with van der Waals surface area (Å²) in [6.07, 6.45) is 0. The van der Waals surface area contributed by atoms with Crippen LogP contribution in [0.1, 0.15) is 0 Å². The molecule has 2 aromatic rings. The van der Waals surface area contributed by atoms with Crippen molar-refractivity contribution in [2.24, 2.45) is 0 Å². The summed E-state index contributed by atoms with van der Waals surface area (Å²) >= 11 is 0. The molecule has 0 fully saturated rings. The van der Waals surface area contributed by atoms with Crippen molar-refractivity contribution >= 4 is 22.7 Å². The predicted octanol–water partition coefficient (Wildman–Crippen LogP) is 2.95. The number of nitrogens with two attached hydrogens (primary N) is 1. The monoisotopic (exact) mass is 273 g/mol. The Bertz CT molecular complexity index is 643. The quantitative estimate of drug-likeness (QED) is 0.526. The lowest BCUT2D eigenvalue weighted by Gasteiger charge is -2.21. The van der Waals surface area contributed by atoms with Crippen LogP contribution in [0.3, 0.4) is 0 Å². The number of para-hydroxylation sites is 3. The molecule has 0 spiro atoms. The molecule has 0 saturated heterocycles. The Morgan fingerprint density at radius 2 is 1.80 bits per heavy atom. The van der Waals surface area contributed by atoms with Gasteiger partial charge in [0.15, 0.2) is 0 Å². The molecule has 2 aromatic carbocycles. The number of nitro groups is 1. The van der Waals surface area contributed by atoms with Crippen LogP contribution in [0.5, 0.6) is 5.75 Å². The minimum Gasteiger partial charge on any atom is -0.495 e. The molecule has 0 aliphatic rings. The number of rotatable bonds is 4. The SMILES string of the molecule is COc1ccccc1N(C)c1cccc(N)c1[N+](=O)[O-]. The maximum Gasteiger partial charge on any atom is 0.315 e. The highest BCUT2D eigenvalue weighted by atomic mass is 16.6. The first-order chi connectivity index (χ1) is 9.56. The van der Waals surface area contributed by atoms with Crippen LogP contribution in [0.25, 0.3) is 0 Å². The second-order valence-electron chi connectivity index (χ2n) is 4.20. The molecule has 2 rings (SSSR count). The number of nitro benzene ring substituents is 1. The first-order valence-electron chi connectivity index (χ1n) is 5.96. The molecule has 0 unspecified atom stereocenters. The van der Waals surface area contributed by atoms with E-state index in [0.29, 0.717) is 11.4 Å². The Balaban J connectivity index is 2.57.